The third-order valence-electron chi connectivity index (χ3n) is 7.48. The number of nitrogens with zero attached hydrogens (tertiary/aromatic N) is 4. The number of nitrogens with one attached hydrogen (secondary N) is 2. The van der Waals surface area contributed by atoms with E-state index in [4.69, 9.17) is 1.43 Å². The van der Waals surface area contributed by atoms with E-state index in [1.807, 2.05) is 31.2 Å². The Kier molecular flexibility index (Phi) is 8.78. The molecule has 0 radical (unpaired) electrons. The largest absolute Gasteiger partial charge is 0.508 e. The molecule has 6 rings (SSSR count). The molecule has 2 aliphatic rings. The fourth-order valence-corrected chi connectivity index (χ4v) is 8.06. The average molecular weight is 692 g/mol. The summed E-state index contributed by atoms with van der Waals surface area (Å²) in [6, 6.07) is 13.8. The van der Waals surface area contributed by atoms with Crippen molar-refractivity contribution < 1.29 is 34.5 Å². The molecule has 13 nitrogen and oxygen atoms in total. The normalized spacial score (nSPS) is 18.0. The van der Waals surface area contributed by atoms with Crippen molar-refractivity contribution in [3.8, 4) is 22.9 Å². The van der Waals surface area contributed by atoms with Gasteiger partial charge in [0, 0.05) is 17.1 Å². The topological polar surface area (TPSA) is 195 Å². The van der Waals surface area contributed by atoms with E-state index < -0.39 is 47.0 Å². The van der Waals surface area contributed by atoms with Gasteiger partial charge in [-0.2, -0.15) is 0 Å². The minimum atomic E-state index is -1.35. The second-order valence-corrected chi connectivity index (χ2v) is 13.7. The molecule has 3 atom stereocenters. The number of carbonyl (C=O) groups is 4. The third-order valence-corrected chi connectivity index (χ3v) is 10.8. The SMILES string of the molecule is [2H]Oc1ccc(C(NC(=O)c2ccc(-c3ccc(C)cc3)nc2O)C(=O)NC2C(=O)N3C(C(=O)O)=C(CSc4nncs4)CS[C@@H]23)cc1. The highest BCUT2D eigenvalue weighted by Gasteiger charge is 2.54. The quantitative estimate of drug-likeness (QED) is 0.114. The number of carboxylic acid groups (broad SMARTS) is 1. The smallest absolute Gasteiger partial charge is 0.352 e. The lowest BCUT2D eigenvalue weighted by Gasteiger charge is -2.49. The summed E-state index contributed by atoms with van der Waals surface area (Å²) >= 11 is 3.96. The van der Waals surface area contributed by atoms with Gasteiger partial charge in [-0.3, -0.25) is 19.3 Å². The predicted molar refractivity (Wildman–Crippen MR) is 175 cm³/mol. The molecule has 4 heterocycles. The molecule has 2 aromatic heterocycles. The molecule has 1 saturated heterocycles. The molecule has 4 aromatic rings. The van der Waals surface area contributed by atoms with Gasteiger partial charge < -0.3 is 26.0 Å². The maximum Gasteiger partial charge on any atom is 0.352 e. The number of aromatic nitrogens is 3. The number of hydrogen-bond donors (Lipinski definition) is 5. The predicted octanol–water partition coefficient (Wildman–Crippen LogP) is 3.32. The summed E-state index contributed by atoms with van der Waals surface area (Å²) in [7, 11) is 0. The van der Waals surface area contributed by atoms with E-state index in [9.17, 15) is 29.4 Å². The van der Waals surface area contributed by atoms with Crippen molar-refractivity contribution in [2.45, 2.75) is 28.7 Å². The van der Waals surface area contributed by atoms with Crippen LogP contribution in [0.2, 0.25) is 0 Å². The highest BCUT2D eigenvalue weighted by atomic mass is 32.2. The van der Waals surface area contributed by atoms with Crippen molar-refractivity contribution >= 4 is 58.6 Å². The number of aliphatic carboxylic acids is 1. The molecule has 5 N–H and O–H groups in total. The number of aryl methyl sites for hydroxylation is 1. The fourth-order valence-electron chi connectivity index (χ4n) is 5.09. The molecule has 2 unspecified atom stereocenters. The van der Waals surface area contributed by atoms with Gasteiger partial charge in [-0.25, -0.2) is 9.78 Å². The van der Waals surface area contributed by atoms with Crippen LogP contribution >= 0.6 is 34.9 Å². The number of amides is 3. The Morgan fingerprint density at radius 3 is 2.55 bits per heavy atom. The summed E-state index contributed by atoms with van der Waals surface area (Å²) in [5.41, 5.74) is 4.34. The van der Waals surface area contributed by atoms with Gasteiger partial charge in [-0.05, 0) is 42.3 Å². The molecule has 47 heavy (non-hydrogen) atoms. The molecule has 1 fully saturated rings. The number of aromatic hydroxyl groups is 2. The number of carbonyl (C=O) groups excluding carboxylic acids is 3. The van der Waals surface area contributed by atoms with E-state index in [0.29, 0.717) is 32.7 Å². The number of β-lactam (4-membered cyclic amide) rings is 1. The Balaban J connectivity index is 1.20. The summed E-state index contributed by atoms with van der Waals surface area (Å²) in [4.78, 5) is 58.1. The van der Waals surface area contributed by atoms with Gasteiger partial charge in [0.1, 0.15) is 40.0 Å². The van der Waals surface area contributed by atoms with Crippen molar-refractivity contribution in [1.29, 1.82) is 1.43 Å². The van der Waals surface area contributed by atoms with Gasteiger partial charge in [-0.15, -0.1) is 22.0 Å². The van der Waals surface area contributed by atoms with Crippen LogP contribution in [0.25, 0.3) is 11.3 Å². The number of pyridine rings is 1. The monoisotopic (exact) mass is 691 g/mol. The molecule has 0 aliphatic carbocycles. The fraction of sp³-hybridized carbons (Fsp3) is 0.194. The van der Waals surface area contributed by atoms with Crippen molar-refractivity contribution in [2.75, 3.05) is 11.5 Å². The molecule has 0 spiro atoms. The van der Waals surface area contributed by atoms with Crippen LogP contribution in [0.3, 0.4) is 0 Å². The van der Waals surface area contributed by atoms with Crippen LogP contribution in [0.5, 0.6) is 11.6 Å². The second kappa shape index (κ2) is 13.4. The minimum Gasteiger partial charge on any atom is -0.508 e. The standard InChI is InChI=1S/C31H26N6O7S3/c1-15-2-4-16(5-3-15)21-11-10-20(25(39)33-21)26(40)34-22(17-6-8-19(38)9-7-17)27(41)35-23-28(42)37-24(30(43)44)18(12-45-29(23)37)13-46-31-36-32-14-47-31/h2-11,14,22-23,29,38H,12-13H2,1H3,(H,33,39)(H,34,40)(H,35,41)(H,43,44)/t22?,23?,29-/m0/s1/i/hD. The first-order valence-electron chi connectivity index (χ1n) is 14.5. The van der Waals surface area contributed by atoms with E-state index in [-0.39, 0.29) is 17.0 Å². The highest BCUT2D eigenvalue weighted by molar-refractivity contribution is 8.01. The number of rotatable bonds is 11. The molecule has 2 aromatic carbocycles. The summed E-state index contributed by atoms with van der Waals surface area (Å²) in [6.45, 7) is 1.94. The lowest BCUT2D eigenvalue weighted by atomic mass is 10.0. The van der Waals surface area contributed by atoms with Crippen molar-refractivity contribution in [1.82, 2.24) is 30.7 Å². The average Bonchev–Trinajstić information content (AvgIpc) is 3.62. The number of hydrogen-bond acceptors (Lipinski definition) is 12. The van der Waals surface area contributed by atoms with Gasteiger partial charge in [0.05, 0.1) is 5.69 Å². The van der Waals surface area contributed by atoms with Gasteiger partial charge in [0.15, 0.2) is 4.34 Å². The van der Waals surface area contributed by atoms with Crippen molar-refractivity contribution in [3.05, 3.63) is 94.1 Å². The van der Waals surface area contributed by atoms with Crippen molar-refractivity contribution in [2.24, 2.45) is 0 Å². The summed E-state index contributed by atoms with van der Waals surface area (Å²) in [5.74, 6) is -3.15. The molecule has 3 amide bonds. The van der Waals surface area contributed by atoms with Crippen LogP contribution in [0.15, 0.2) is 81.8 Å². The number of benzene rings is 2. The first-order valence-corrected chi connectivity index (χ1v) is 17.0. The van der Waals surface area contributed by atoms with Crippen LogP contribution in [-0.2, 0) is 14.4 Å². The number of phenols is 1. The van der Waals surface area contributed by atoms with Crippen LogP contribution in [0, 0.1) is 6.92 Å². The first-order chi connectivity index (χ1) is 23.1. The Morgan fingerprint density at radius 1 is 1.13 bits per heavy atom. The van der Waals surface area contributed by atoms with E-state index in [1.54, 1.807) is 11.6 Å². The molecular formula is C31H26N6O7S3. The molecule has 240 valence electrons. The minimum absolute atomic E-state index is 0.126. The second-order valence-electron chi connectivity index (χ2n) is 10.6. The van der Waals surface area contributed by atoms with E-state index in [2.05, 4.69) is 30.9 Å². The third kappa shape index (κ3) is 6.65. The lowest BCUT2D eigenvalue weighted by molar-refractivity contribution is -0.151. The molecular weight excluding hydrogens is 665 g/mol. The van der Waals surface area contributed by atoms with Crippen LogP contribution in [0.4, 0.5) is 0 Å². The lowest BCUT2D eigenvalue weighted by Crippen LogP contribution is -2.71. The maximum atomic E-state index is 13.8. The molecule has 16 heteroatoms. The van der Waals surface area contributed by atoms with E-state index >= 15 is 0 Å². The number of fused-ring (bicyclic) bond motifs is 1. The van der Waals surface area contributed by atoms with Gasteiger partial charge in [0.25, 0.3) is 13.2 Å². The number of thioether (sulfide) groups is 2. The van der Waals surface area contributed by atoms with E-state index in [0.717, 1.165) is 11.1 Å². The van der Waals surface area contributed by atoms with Crippen LogP contribution in [-0.4, -0.2) is 83.4 Å². The Morgan fingerprint density at radius 2 is 1.89 bits per heavy atom. The Hall–Kier alpha value is -4.93. The summed E-state index contributed by atoms with van der Waals surface area (Å²) in [5, 5.41) is 37.5. The zero-order chi connectivity index (χ0) is 33.9. The highest BCUT2D eigenvalue weighted by Crippen LogP contribution is 2.42. The number of carboxylic acids is 1. The van der Waals surface area contributed by atoms with Gasteiger partial charge >= 0.3 is 5.97 Å². The van der Waals surface area contributed by atoms with E-state index in [1.165, 1.54) is 70.1 Å². The van der Waals surface area contributed by atoms with Crippen LogP contribution < -0.4 is 10.6 Å². The van der Waals surface area contributed by atoms with Crippen LogP contribution in [0.1, 0.15) is 27.5 Å². The van der Waals surface area contributed by atoms with Gasteiger partial charge in [0.2, 0.25) is 11.8 Å². The summed E-state index contributed by atoms with van der Waals surface area (Å²) in [6.07, 6.45) is 0. The van der Waals surface area contributed by atoms with Gasteiger partial charge in [-0.1, -0.05) is 65.1 Å². The number of phenolic OH excluding ortho intramolecular Hbond substituents is 1. The summed E-state index contributed by atoms with van der Waals surface area (Å²) < 4.78 is 7.79. The molecule has 0 saturated carbocycles. The molecule has 2 aliphatic heterocycles. The Bertz CT molecular complexity index is 1910. The molecule has 0 bridgehead atoms. The zero-order valence-corrected chi connectivity index (χ0v) is 26.9. The maximum absolute atomic E-state index is 13.8. The Labute approximate surface area is 281 Å². The first kappa shape index (κ1) is 30.7. The van der Waals surface area contributed by atoms with Crippen molar-refractivity contribution in [3.63, 3.8) is 0 Å². The zero-order valence-electron chi connectivity index (χ0n) is 25.4.